The topological polar surface area (TPSA) is 45.2 Å². The molecule has 1 aliphatic rings. The molecule has 4 nitrogen and oxygen atoms in total. The van der Waals surface area contributed by atoms with Crippen LogP contribution in [0.15, 0.2) is 34.1 Å². The monoisotopic (exact) mass is 407 g/mol. The van der Waals surface area contributed by atoms with Gasteiger partial charge in [0.05, 0.1) is 12.1 Å². The molecule has 1 fully saturated rings. The molecule has 0 aliphatic carbocycles. The first kappa shape index (κ1) is 17.6. The van der Waals surface area contributed by atoms with Crippen LogP contribution in [0.25, 0.3) is 0 Å². The van der Waals surface area contributed by atoms with Crippen molar-refractivity contribution < 1.29 is 4.79 Å². The van der Waals surface area contributed by atoms with E-state index < -0.39 is 0 Å². The fourth-order valence-electron chi connectivity index (χ4n) is 3.05. The van der Waals surface area contributed by atoms with Crippen molar-refractivity contribution in [3.63, 3.8) is 0 Å². The van der Waals surface area contributed by atoms with Crippen molar-refractivity contribution in [2.75, 3.05) is 18.4 Å². The van der Waals surface area contributed by atoms with Crippen molar-refractivity contribution in [1.29, 1.82) is 0 Å². The fourth-order valence-corrected chi connectivity index (χ4v) is 4.03. The summed E-state index contributed by atoms with van der Waals surface area (Å²) in [6, 6.07) is 7.80. The van der Waals surface area contributed by atoms with E-state index in [0.29, 0.717) is 11.6 Å². The Morgan fingerprint density at radius 3 is 2.96 bits per heavy atom. The van der Waals surface area contributed by atoms with Crippen molar-refractivity contribution in [3.8, 4) is 0 Å². The van der Waals surface area contributed by atoms with Gasteiger partial charge >= 0.3 is 0 Å². The molecule has 1 atom stereocenters. The number of thiazole rings is 1. The van der Waals surface area contributed by atoms with Crippen LogP contribution in [0.3, 0.4) is 0 Å². The van der Waals surface area contributed by atoms with Crippen LogP contribution in [0.5, 0.6) is 0 Å². The van der Waals surface area contributed by atoms with Gasteiger partial charge in [-0.05, 0) is 43.0 Å². The molecule has 1 N–H and O–H groups in total. The Balaban J connectivity index is 1.51. The molecule has 128 valence electrons. The van der Waals surface area contributed by atoms with Crippen LogP contribution in [-0.4, -0.2) is 28.9 Å². The van der Waals surface area contributed by atoms with E-state index in [1.165, 1.54) is 24.2 Å². The number of halogens is 1. The maximum atomic E-state index is 12.1. The van der Waals surface area contributed by atoms with Crippen LogP contribution in [0, 0.1) is 5.92 Å². The molecule has 1 aromatic carbocycles. The number of hydrogen-bond donors (Lipinski definition) is 1. The van der Waals surface area contributed by atoms with Gasteiger partial charge in [-0.15, -0.1) is 11.3 Å². The van der Waals surface area contributed by atoms with Crippen LogP contribution in [0.4, 0.5) is 5.13 Å². The predicted molar refractivity (Wildman–Crippen MR) is 102 cm³/mol. The van der Waals surface area contributed by atoms with Gasteiger partial charge in [0.15, 0.2) is 5.13 Å². The molecule has 1 saturated heterocycles. The third-order valence-electron chi connectivity index (χ3n) is 4.20. The zero-order valence-electron chi connectivity index (χ0n) is 13.8. The molecule has 2 aromatic rings. The van der Waals surface area contributed by atoms with E-state index in [4.69, 9.17) is 0 Å². The van der Waals surface area contributed by atoms with Crippen LogP contribution in [-0.2, 0) is 17.8 Å². The Hall–Kier alpha value is -1.24. The van der Waals surface area contributed by atoms with Crippen molar-refractivity contribution in [1.82, 2.24) is 9.88 Å². The Kier molecular flexibility index (Phi) is 6.03. The first-order valence-electron chi connectivity index (χ1n) is 8.29. The summed E-state index contributed by atoms with van der Waals surface area (Å²) in [5, 5.41) is 5.65. The quantitative estimate of drug-likeness (QED) is 0.802. The van der Waals surface area contributed by atoms with Crippen molar-refractivity contribution in [2.24, 2.45) is 5.92 Å². The van der Waals surface area contributed by atoms with E-state index in [1.54, 1.807) is 0 Å². The molecule has 1 amide bonds. The molecule has 3 rings (SSSR count). The molecule has 0 radical (unpaired) electrons. The maximum absolute atomic E-state index is 12.1. The summed E-state index contributed by atoms with van der Waals surface area (Å²) >= 11 is 4.90. The van der Waals surface area contributed by atoms with Gasteiger partial charge in [0.2, 0.25) is 5.91 Å². The number of aromatic nitrogens is 1. The molecule has 1 aliphatic heterocycles. The molecular formula is C18H22BrN3OS. The summed E-state index contributed by atoms with van der Waals surface area (Å²) < 4.78 is 1.02. The van der Waals surface area contributed by atoms with Crippen LogP contribution in [0.2, 0.25) is 0 Å². The van der Waals surface area contributed by atoms with Crippen LogP contribution >= 0.6 is 27.3 Å². The van der Waals surface area contributed by atoms with Gasteiger partial charge in [0.25, 0.3) is 0 Å². The van der Waals surface area contributed by atoms with Gasteiger partial charge in [-0.2, -0.15) is 0 Å². The number of benzene rings is 1. The van der Waals surface area contributed by atoms with Crippen molar-refractivity contribution >= 4 is 38.3 Å². The lowest BCUT2D eigenvalue weighted by atomic mass is 10.0. The highest BCUT2D eigenvalue weighted by Gasteiger charge is 2.17. The van der Waals surface area contributed by atoms with Gasteiger partial charge in [-0.1, -0.05) is 35.0 Å². The van der Waals surface area contributed by atoms with E-state index in [2.05, 4.69) is 43.4 Å². The minimum absolute atomic E-state index is 0.0233. The molecule has 2 heterocycles. The number of anilines is 1. The van der Waals surface area contributed by atoms with Gasteiger partial charge in [-0.25, -0.2) is 4.98 Å². The fraction of sp³-hybridized carbons (Fsp3) is 0.444. The standard InChI is InChI=1S/C18H22BrN3OS/c1-13-3-2-8-22(10-13)11-16-12-24-18(20-16)21-17(23)9-14-4-6-15(19)7-5-14/h4-7,12-13H,2-3,8-11H2,1H3,(H,20,21,23). The molecule has 0 spiro atoms. The average Bonchev–Trinajstić information content (AvgIpc) is 2.96. The number of piperidine rings is 1. The summed E-state index contributed by atoms with van der Waals surface area (Å²) in [6.45, 7) is 5.47. The lowest BCUT2D eigenvalue weighted by molar-refractivity contribution is -0.115. The summed E-state index contributed by atoms with van der Waals surface area (Å²) in [5.74, 6) is 0.743. The second kappa shape index (κ2) is 8.23. The highest BCUT2D eigenvalue weighted by molar-refractivity contribution is 9.10. The highest BCUT2D eigenvalue weighted by atomic mass is 79.9. The van der Waals surface area contributed by atoms with Gasteiger partial charge in [0.1, 0.15) is 0 Å². The smallest absolute Gasteiger partial charge is 0.230 e. The Bertz CT molecular complexity index is 686. The van der Waals surface area contributed by atoms with Gasteiger partial charge < -0.3 is 5.32 Å². The molecular weight excluding hydrogens is 386 g/mol. The predicted octanol–water partition coefficient (Wildman–Crippen LogP) is 4.32. The maximum Gasteiger partial charge on any atom is 0.230 e. The van der Waals surface area contributed by atoms with Crippen molar-refractivity contribution in [2.45, 2.75) is 32.7 Å². The lowest BCUT2D eigenvalue weighted by Gasteiger charge is -2.30. The molecule has 24 heavy (non-hydrogen) atoms. The number of nitrogens with zero attached hydrogens (tertiary/aromatic N) is 2. The number of hydrogen-bond acceptors (Lipinski definition) is 4. The minimum Gasteiger partial charge on any atom is -0.302 e. The SMILES string of the molecule is CC1CCCN(Cc2csc(NC(=O)Cc3ccc(Br)cc3)n2)C1. The first-order valence-corrected chi connectivity index (χ1v) is 9.97. The average molecular weight is 408 g/mol. The number of likely N-dealkylation sites (tertiary alicyclic amines) is 1. The normalized spacial score (nSPS) is 18.5. The summed E-state index contributed by atoms with van der Waals surface area (Å²) in [4.78, 5) is 19.2. The second-order valence-electron chi connectivity index (χ2n) is 6.48. The molecule has 1 aromatic heterocycles. The number of rotatable bonds is 5. The van der Waals surface area contributed by atoms with Gasteiger partial charge in [-0.3, -0.25) is 9.69 Å². The third kappa shape index (κ3) is 5.13. The summed E-state index contributed by atoms with van der Waals surface area (Å²) in [7, 11) is 0. The largest absolute Gasteiger partial charge is 0.302 e. The zero-order valence-corrected chi connectivity index (χ0v) is 16.2. The Morgan fingerprint density at radius 1 is 1.42 bits per heavy atom. The minimum atomic E-state index is -0.0233. The van der Waals surface area contributed by atoms with E-state index in [1.807, 2.05) is 24.3 Å². The van der Waals surface area contributed by atoms with Gasteiger partial charge in [0, 0.05) is 22.9 Å². The second-order valence-corrected chi connectivity index (χ2v) is 8.25. The van der Waals surface area contributed by atoms with Crippen LogP contribution in [0.1, 0.15) is 31.0 Å². The van der Waals surface area contributed by atoms with Crippen molar-refractivity contribution in [3.05, 3.63) is 45.4 Å². The Morgan fingerprint density at radius 2 is 2.21 bits per heavy atom. The number of carbonyl (C=O) groups excluding carboxylic acids is 1. The van der Waals surface area contributed by atoms with E-state index >= 15 is 0 Å². The van der Waals surface area contributed by atoms with E-state index in [-0.39, 0.29) is 5.91 Å². The first-order chi connectivity index (χ1) is 11.6. The summed E-state index contributed by atoms with van der Waals surface area (Å²) in [6.07, 6.45) is 2.96. The number of amides is 1. The van der Waals surface area contributed by atoms with Crippen LogP contribution < -0.4 is 5.32 Å². The number of nitrogens with one attached hydrogen (secondary N) is 1. The molecule has 6 heteroatoms. The summed E-state index contributed by atoms with van der Waals surface area (Å²) in [5.41, 5.74) is 2.04. The lowest BCUT2D eigenvalue weighted by Crippen LogP contribution is -2.33. The Labute approximate surface area is 155 Å². The third-order valence-corrected chi connectivity index (χ3v) is 5.54. The van der Waals surface area contributed by atoms with E-state index in [9.17, 15) is 4.79 Å². The molecule has 0 bridgehead atoms. The molecule has 0 saturated carbocycles. The zero-order chi connectivity index (χ0) is 16.9. The highest BCUT2D eigenvalue weighted by Crippen LogP contribution is 2.21. The molecule has 1 unspecified atom stereocenters. The van der Waals surface area contributed by atoms with E-state index in [0.717, 1.165) is 41.3 Å². The number of carbonyl (C=O) groups is 1.